The van der Waals surface area contributed by atoms with Crippen molar-refractivity contribution in [2.75, 3.05) is 0 Å². The molecule has 0 fully saturated rings. The van der Waals surface area contributed by atoms with Crippen LogP contribution in [0.25, 0.3) is 0 Å². The Morgan fingerprint density at radius 3 is 2.29 bits per heavy atom. The molecular formula is C12H18KN. The summed E-state index contributed by atoms with van der Waals surface area (Å²) in [4.78, 5) is 0. The van der Waals surface area contributed by atoms with Crippen molar-refractivity contribution in [2.45, 2.75) is 27.2 Å². The summed E-state index contributed by atoms with van der Waals surface area (Å²) in [5.41, 5.74) is 1.85. The molecule has 0 aromatic rings. The van der Waals surface area contributed by atoms with Crippen LogP contribution in [0, 0.1) is 18.8 Å². The second kappa shape index (κ2) is 13.3. The summed E-state index contributed by atoms with van der Waals surface area (Å²) in [6.07, 6.45) is 8.65. The second-order valence-electron chi connectivity index (χ2n) is 2.79. The molecule has 0 aliphatic heterocycles. The predicted octanol–water partition coefficient (Wildman–Crippen LogP) is 0.823. The van der Waals surface area contributed by atoms with Crippen LogP contribution in [0.2, 0.25) is 0 Å². The normalized spacial score (nSPS) is 9.71. The molecule has 0 aliphatic rings. The van der Waals surface area contributed by atoms with Crippen LogP contribution in [0.4, 0.5) is 0 Å². The molecule has 0 amide bonds. The fourth-order valence-electron chi connectivity index (χ4n) is 0.736. The molecule has 0 heterocycles. The fourth-order valence-corrected chi connectivity index (χ4v) is 0.736. The van der Waals surface area contributed by atoms with Gasteiger partial charge in [0.15, 0.2) is 0 Å². The van der Waals surface area contributed by atoms with Crippen molar-refractivity contribution in [3.63, 3.8) is 0 Å². The molecule has 0 aromatic heterocycles. The quantitative estimate of drug-likeness (QED) is 0.296. The Labute approximate surface area is 131 Å². The summed E-state index contributed by atoms with van der Waals surface area (Å²) in [6, 6.07) is 2.13. The molecule has 0 aliphatic carbocycles. The van der Waals surface area contributed by atoms with Crippen molar-refractivity contribution in [1.29, 1.82) is 5.26 Å². The summed E-state index contributed by atoms with van der Waals surface area (Å²) >= 11 is 0. The van der Waals surface area contributed by atoms with Gasteiger partial charge in [-0.25, -0.2) is 0 Å². The van der Waals surface area contributed by atoms with Crippen LogP contribution in [0.15, 0.2) is 35.5 Å². The maximum Gasteiger partial charge on any atom is 1.00 e. The molecule has 0 saturated heterocycles. The van der Waals surface area contributed by atoms with Crippen molar-refractivity contribution in [3.05, 3.63) is 42.9 Å². The molecule has 0 radical (unpaired) electrons. The average molecular weight is 215 g/mol. The molecule has 14 heavy (non-hydrogen) atoms. The molecule has 0 unspecified atom stereocenters. The Morgan fingerprint density at radius 1 is 1.36 bits per heavy atom. The first-order valence-electron chi connectivity index (χ1n) is 4.12. The van der Waals surface area contributed by atoms with Crippen LogP contribution in [0.1, 0.15) is 27.2 Å². The van der Waals surface area contributed by atoms with Crippen molar-refractivity contribution < 1.29 is 51.4 Å². The largest absolute Gasteiger partial charge is 1.00 e. The minimum Gasteiger partial charge on any atom is -0.358 e. The Balaban J connectivity index is -0.000000605. The van der Waals surface area contributed by atoms with E-state index < -0.39 is 0 Å². The van der Waals surface area contributed by atoms with E-state index in [1.807, 2.05) is 38.2 Å². The molecule has 0 N–H and O–H groups in total. The van der Waals surface area contributed by atoms with Crippen LogP contribution in [0.5, 0.6) is 0 Å². The zero-order valence-corrected chi connectivity index (χ0v) is 13.1. The van der Waals surface area contributed by atoms with Gasteiger partial charge < -0.3 is 7.43 Å². The Hall–Kier alpha value is 0.346. The predicted molar refractivity (Wildman–Crippen MR) is 59.0 cm³/mol. The van der Waals surface area contributed by atoms with E-state index in [1.54, 1.807) is 0 Å². The van der Waals surface area contributed by atoms with Gasteiger partial charge in [-0.15, -0.1) is 0 Å². The van der Waals surface area contributed by atoms with Crippen LogP contribution in [0.3, 0.4) is 0 Å². The van der Waals surface area contributed by atoms with Crippen LogP contribution >= 0.6 is 0 Å². The monoisotopic (exact) mass is 215 g/mol. The minimum atomic E-state index is 0. The number of hydrogen-bond acceptors (Lipinski definition) is 1. The van der Waals surface area contributed by atoms with E-state index >= 15 is 0 Å². The van der Waals surface area contributed by atoms with E-state index in [0.29, 0.717) is 5.57 Å². The Morgan fingerprint density at radius 2 is 1.93 bits per heavy atom. The number of rotatable bonds is 3. The topological polar surface area (TPSA) is 23.8 Å². The first kappa shape index (κ1) is 19.8. The van der Waals surface area contributed by atoms with E-state index in [1.165, 1.54) is 0 Å². The van der Waals surface area contributed by atoms with E-state index in [2.05, 4.69) is 13.0 Å². The van der Waals surface area contributed by atoms with Gasteiger partial charge in [0.25, 0.3) is 0 Å². The zero-order valence-electron chi connectivity index (χ0n) is 9.96. The smallest absolute Gasteiger partial charge is 0.358 e. The standard InChI is InChI=1S/C11H15N.CH3.K/c1-4-5-6-7-11(9-12)8-10(2)3;;/h5-8H,4H2,1-3H3;1H3;/q;-1;+1/b6-5+,11-7+;;. The Bertz CT molecular complexity index is 250. The van der Waals surface area contributed by atoms with E-state index in [0.717, 1.165) is 12.0 Å². The first-order valence-corrected chi connectivity index (χ1v) is 4.12. The third kappa shape index (κ3) is 12.3. The van der Waals surface area contributed by atoms with Crippen molar-refractivity contribution >= 4 is 0 Å². The van der Waals surface area contributed by atoms with Gasteiger partial charge >= 0.3 is 51.4 Å². The molecule has 0 atom stereocenters. The SMILES string of the molecule is CC/C=C/C=C(/C#N)C=C(C)C.[CH3-].[K+]. The van der Waals surface area contributed by atoms with E-state index in [4.69, 9.17) is 5.26 Å². The van der Waals surface area contributed by atoms with Gasteiger partial charge in [0.1, 0.15) is 0 Å². The van der Waals surface area contributed by atoms with Gasteiger partial charge in [-0.05, 0) is 32.4 Å². The number of allylic oxidation sites excluding steroid dienone is 6. The van der Waals surface area contributed by atoms with Crippen LogP contribution < -0.4 is 51.4 Å². The number of nitriles is 1. The summed E-state index contributed by atoms with van der Waals surface area (Å²) in [5.74, 6) is 0. The third-order valence-corrected chi connectivity index (χ3v) is 1.22. The maximum absolute atomic E-state index is 8.68. The Kier molecular flexibility index (Phi) is 18.9. The number of nitrogens with zero attached hydrogens (tertiary/aromatic N) is 1. The first-order chi connectivity index (χ1) is 5.70. The van der Waals surface area contributed by atoms with Crippen molar-refractivity contribution in [3.8, 4) is 6.07 Å². The van der Waals surface area contributed by atoms with Crippen molar-refractivity contribution in [2.24, 2.45) is 0 Å². The van der Waals surface area contributed by atoms with Gasteiger partial charge in [-0.1, -0.05) is 24.6 Å². The van der Waals surface area contributed by atoms with Gasteiger partial charge in [0.05, 0.1) is 11.6 Å². The van der Waals surface area contributed by atoms with E-state index in [-0.39, 0.29) is 58.8 Å². The number of hydrogen-bond donors (Lipinski definition) is 0. The molecule has 0 spiro atoms. The van der Waals surface area contributed by atoms with Crippen molar-refractivity contribution in [1.82, 2.24) is 0 Å². The summed E-state index contributed by atoms with van der Waals surface area (Å²) < 4.78 is 0. The average Bonchev–Trinajstić information content (AvgIpc) is 2.02. The fraction of sp³-hybridized carbons (Fsp3) is 0.333. The summed E-state index contributed by atoms with van der Waals surface area (Å²) in [5, 5.41) is 8.68. The summed E-state index contributed by atoms with van der Waals surface area (Å²) in [7, 11) is 0. The molecule has 2 heteroatoms. The molecule has 0 saturated carbocycles. The van der Waals surface area contributed by atoms with Gasteiger partial charge in [0.2, 0.25) is 0 Å². The minimum absolute atomic E-state index is 0. The van der Waals surface area contributed by atoms with Crippen LogP contribution in [-0.2, 0) is 0 Å². The maximum atomic E-state index is 8.68. The van der Waals surface area contributed by atoms with E-state index in [9.17, 15) is 0 Å². The summed E-state index contributed by atoms with van der Waals surface area (Å²) in [6.45, 7) is 6.03. The molecule has 0 bridgehead atoms. The van der Waals surface area contributed by atoms with Crippen LogP contribution in [-0.4, -0.2) is 0 Å². The second-order valence-corrected chi connectivity index (χ2v) is 2.79. The van der Waals surface area contributed by atoms with Gasteiger partial charge in [-0.2, -0.15) is 5.26 Å². The third-order valence-electron chi connectivity index (χ3n) is 1.22. The van der Waals surface area contributed by atoms with Gasteiger partial charge in [-0.3, -0.25) is 0 Å². The molecule has 0 aromatic carbocycles. The molecule has 1 nitrogen and oxygen atoms in total. The van der Waals surface area contributed by atoms with Gasteiger partial charge in [0, 0.05) is 0 Å². The zero-order chi connectivity index (χ0) is 9.40. The molecular weight excluding hydrogens is 197 g/mol. The molecule has 72 valence electrons. The molecule has 0 rings (SSSR count).